The molecule has 3 rings (SSSR count). The Morgan fingerprint density at radius 1 is 1.42 bits per heavy atom. The number of ether oxygens (including phenoxy) is 1. The van der Waals surface area contributed by atoms with E-state index >= 15 is 0 Å². The Kier molecular flexibility index (Phi) is 3.48. The molecule has 0 saturated carbocycles. The molecular weight excluding hydrogens is 312 g/mol. The van der Waals surface area contributed by atoms with Crippen LogP contribution in [0.3, 0.4) is 0 Å². The van der Waals surface area contributed by atoms with Gasteiger partial charge in [0.25, 0.3) is 0 Å². The zero-order valence-electron chi connectivity index (χ0n) is 10.4. The molecule has 1 fully saturated rings. The standard InChI is InChI=1S/C12H13BrN4O2/c1-8-15-12(16-19-8)10-7-17(4-5-18-10)11-3-2-9(13)6-14-11/h2-3,6,10H,4-5,7H2,1H3/t10-/m1/s1. The molecule has 0 amide bonds. The minimum atomic E-state index is -0.170. The Labute approximate surface area is 118 Å². The predicted molar refractivity (Wildman–Crippen MR) is 71.9 cm³/mol. The minimum Gasteiger partial charge on any atom is -0.366 e. The first kappa shape index (κ1) is 12.6. The smallest absolute Gasteiger partial charge is 0.223 e. The van der Waals surface area contributed by atoms with Crippen LogP contribution >= 0.6 is 15.9 Å². The second-order valence-corrected chi connectivity index (χ2v) is 5.23. The van der Waals surface area contributed by atoms with Crippen LogP contribution in [0.1, 0.15) is 17.8 Å². The van der Waals surface area contributed by atoms with Crippen LogP contribution in [0, 0.1) is 6.92 Å². The summed E-state index contributed by atoms with van der Waals surface area (Å²) in [6.07, 6.45) is 1.62. The van der Waals surface area contributed by atoms with Crippen LogP contribution in [0.25, 0.3) is 0 Å². The van der Waals surface area contributed by atoms with Crippen molar-refractivity contribution < 1.29 is 9.26 Å². The molecule has 1 atom stereocenters. The fraction of sp³-hybridized carbons (Fsp3) is 0.417. The highest BCUT2D eigenvalue weighted by molar-refractivity contribution is 9.10. The van der Waals surface area contributed by atoms with Crippen molar-refractivity contribution in [1.29, 1.82) is 0 Å². The molecule has 6 nitrogen and oxygen atoms in total. The lowest BCUT2D eigenvalue weighted by atomic mass is 10.2. The molecule has 3 heterocycles. The van der Waals surface area contributed by atoms with Gasteiger partial charge in [0.2, 0.25) is 11.7 Å². The van der Waals surface area contributed by atoms with Crippen molar-refractivity contribution in [2.45, 2.75) is 13.0 Å². The summed E-state index contributed by atoms with van der Waals surface area (Å²) in [5, 5.41) is 3.92. The summed E-state index contributed by atoms with van der Waals surface area (Å²) in [5.41, 5.74) is 0. The highest BCUT2D eigenvalue weighted by atomic mass is 79.9. The number of hydrogen-bond acceptors (Lipinski definition) is 6. The molecule has 1 saturated heterocycles. The average molecular weight is 325 g/mol. The van der Waals surface area contributed by atoms with Crippen molar-refractivity contribution in [3.63, 3.8) is 0 Å². The van der Waals surface area contributed by atoms with E-state index in [0.717, 1.165) is 16.8 Å². The van der Waals surface area contributed by atoms with E-state index in [4.69, 9.17) is 9.26 Å². The van der Waals surface area contributed by atoms with Crippen molar-refractivity contribution in [2.75, 3.05) is 24.6 Å². The summed E-state index contributed by atoms with van der Waals surface area (Å²) in [6.45, 7) is 3.87. The van der Waals surface area contributed by atoms with Crippen molar-refractivity contribution in [2.24, 2.45) is 0 Å². The number of aromatic nitrogens is 3. The molecule has 7 heteroatoms. The van der Waals surface area contributed by atoms with Crippen LogP contribution in [-0.2, 0) is 4.74 Å². The molecule has 0 aliphatic carbocycles. The van der Waals surface area contributed by atoms with Crippen LogP contribution in [0.5, 0.6) is 0 Å². The van der Waals surface area contributed by atoms with Crippen LogP contribution in [0.2, 0.25) is 0 Å². The summed E-state index contributed by atoms with van der Waals surface area (Å²) >= 11 is 3.38. The van der Waals surface area contributed by atoms with E-state index in [0.29, 0.717) is 24.9 Å². The second-order valence-electron chi connectivity index (χ2n) is 4.31. The van der Waals surface area contributed by atoms with E-state index < -0.39 is 0 Å². The molecule has 0 aromatic carbocycles. The van der Waals surface area contributed by atoms with Gasteiger partial charge < -0.3 is 14.2 Å². The summed E-state index contributed by atoms with van der Waals surface area (Å²) in [5.74, 6) is 2.08. The molecule has 0 radical (unpaired) electrons. The van der Waals surface area contributed by atoms with E-state index in [-0.39, 0.29) is 6.10 Å². The number of anilines is 1. The van der Waals surface area contributed by atoms with Gasteiger partial charge in [-0.15, -0.1) is 0 Å². The summed E-state index contributed by atoms with van der Waals surface area (Å²) in [4.78, 5) is 10.8. The lowest BCUT2D eigenvalue weighted by Gasteiger charge is -2.32. The van der Waals surface area contributed by atoms with Gasteiger partial charge in [0.15, 0.2) is 0 Å². The molecule has 0 bridgehead atoms. The Balaban J connectivity index is 1.76. The maximum atomic E-state index is 5.69. The average Bonchev–Trinajstić information content (AvgIpc) is 2.86. The Morgan fingerprint density at radius 2 is 2.32 bits per heavy atom. The highest BCUT2D eigenvalue weighted by Gasteiger charge is 2.26. The maximum Gasteiger partial charge on any atom is 0.223 e. The Morgan fingerprint density at radius 3 is 3.00 bits per heavy atom. The number of rotatable bonds is 2. The van der Waals surface area contributed by atoms with Crippen molar-refractivity contribution in [1.82, 2.24) is 15.1 Å². The van der Waals surface area contributed by atoms with E-state index in [9.17, 15) is 0 Å². The zero-order valence-corrected chi connectivity index (χ0v) is 12.0. The Hall–Kier alpha value is -1.47. The number of nitrogens with zero attached hydrogens (tertiary/aromatic N) is 4. The van der Waals surface area contributed by atoms with E-state index in [1.54, 1.807) is 13.1 Å². The lowest BCUT2D eigenvalue weighted by Crippen LogP contribution is -2.39. The molecule has 2 aromatic heterocycles. The lowest BCUT2D eigenvalue weighted by molar-refractivity contribution is 0.0323. The van der Waals surface area contributed by atoms with Gasteiger partial charge in [0, 0.05) is 24.1 Å². The first-order valence-corrected chi connectivity index (χ1v) is 6.80. The summed E-state index contributed by atoms with van der Waals surface area (Å²) in [6, 6.07) is 3.96. The van der Waals surface area contributed by atoms with Gasteiger partial charge in [0.1, 0.15) is 11.9 Å². The minimum absolute atomic E-state index is 0.170. The van der Waals surface area contributed by atoms with Crippen LogP contribution < -0.4 is 4.90 Å². The van der Waals surface area contributed by atoms with Gasteiger partial charge >= 0.3 is 0 Å². The third-order valence-electron chi connectivity index (χ3n) is 2.93. The summed E-state index contributed by atoms with van der Waals surface area (Å²) < 4.78 is 11.6. The first-order valence-electron chi connectivity index (χ1n) is 6.01. The van der Waals surface area contributed by atoms with Gasteiger partial charge in [-0.3, -0.25) is 0 Å². The number of pyridine rings is 1. The SMILES string of the molecule is Cc1nc([C@H]2CN(c3ccc(Br)cn3)CCO2)no1. The monoisotopic (exact) mass is 324 g/mol. The highest BCUT2D eigenvalue weighted by Crippen LogP contribution is 2.23. The maximum absolute atomic E-state index is 5.69. The van der Waals surface area contributed by atoms with Crippen LogP contribution in [-0.4, -0.2) is 34.8 Å². The quantitative estimate of drug-likeness (QED) is 0.843. The molecule has 1 aliphatic rings. The number of halogens is 1. The fourth-order valence-corrected chi connectivity index (χ4v) is 2.25. The van der Waals surface area contributed by atoms with Gasteiger partial charge in [-0.25, -0.2) is 4.98 Å². The summed E-state index contributed by atoms with van der Waals surface area (Å²) in [7, 11) is 0. The molecule has 0 unspecified atom stereocenters. The van der Waals surface area contributed by atoms with Crippen LogP contribution in [0.15, 0.2) is 27.3 Å². The van der Waals surface area contributed by atoms with Crippen molar-refractivity contribution >= 4 is 21.7 Å². The third-order valence-corrected chi connectivity index (χ3v) is 3.40. The van der Waals surface area contributed by atoms with Crippen LogP contribution in [0.4, 0.5) is 5.82 Å². The van der Waals surface area contributed by atoms with Gasteiger partial charge in [-0.05, 0) is 28.1 Å². The molecule has 19 heavy (non-hydrogen) atoms. The molecule has 0 spiro atoms. The number of aryl methyl sites for hydroxylation is 1. The topological polar surface area (TPSA) is 64.3 Å². The van der Waals surface area contributed by atoms with Gasteiger partial charge in [-0.1, -0.05) is 5.16 Å². The third kappa shape index (κ3) is 2.76. The van der Waals surface area contributed by atoms with Gasteiger partial charge in [-0.2, -0.15) is 4.98 Å². The Bertz CT molecular complexity index is 557. The van der Waals surface area contributed by atoms with E-state index in [1.807, 2.05) is 12.1 Å². The number of morpholine rings is 1. The normalized spacial score (nSPS) is 19.7. The fourth-order valence-electron chi connectivity index (χ4n) is 2.01. The van der Waals surface area contributed by atoms with Gasteiger partial charge in [0.05, 0.1) is 13.2 Å². The van der Waals surface area contributed by atoms with E-state index in [2.05, 4.69) is 36.0 Å². The first-order chi connectivity index (χ1) is 9.22. The molecular formula is C12H13BrN4O2. The molecule has 0 N–H and O–H groups in total. The number of hydrogen-bond donors (Lipinski definition) is 0. The molecule has 2 aromatic rings. The zero-order chi connectivity index (χ0) is 13.2. The second kappa shape index (κ2) is 5.26. The predicted octanol–water partition coefficient (Wildman–Crippen LogP) is 2.11. The molecule has 1 aliphatic heterocycles. The van der Waals surface area contributed by atoms with Crippen molar-refractivity contribution in [3.05, 3.63) is 34.5 Å². The van der Waals surface area contributed by atoms with E-state index in [1.165, 1.54) is 0 Å². The molecule has 100 valence electrons. The largest absolute Gasteiger partial charge is 0.366 e. The van der Waals surface area contributed by atoms with Crippen molar-refractivity contribution in [3.8, 4) is 0 Å².